The van der Waals surface area contributed by atoms with Crippen molar-refractivity contribution in [3.63, 3.8) is 0 Å². The molecule has 0 heterocycles. The quantitative estimate of drug-likeness (QED) is 0.360. The SMILES string of the molecule is Cc1ccccc1OCCNC(=O)CCCN(c1ccccc1Sc1ccccc1)S(C)(=O)=O. The number of rotatable bonds is 12. The molecule has 3 aromatic rings. The predicted molar refractivity (Wildman–Crippen MR) is 138 cm³/mol. The van der Waals surface area contributed by atoms with Gasteiger partial charge in [0.15, 0.2) is 0 Å². The molecule has 0 bridgehead atoms. The summed E-state index contributed by atoms with van der Waals surface area (Å²) in [6.45, 7) is 2.95. The topological polar surface area (TPSA) is 75.7 Å². The van der Waals surface area contributed by atoms with Gasteiger partial charge in [0.2, 0.25) is 15.9 Å². The van der Waals surface area contributed by atoms with Crippen LogP contribution in [0.1, 0.15) is 18.4 Å². The van der Waals surface area contributed by atoms with Crippen molar-refractivity contribution in [3.8, 4) is 5.75 Å². The fraction of sp³-hybridized carbons (Fsp3) is 0.269. The maximum absolute atomic E-state index is 12.6. The van der Waals surface area contributed by atoms with Crippen LogP contribution in [0.4, 0.5) is 5.69 Å². The van der Waals surface area contributed by atoms with Crippen LogP contribution in [0.5, 0.6) is 5.75 Å². The molecule has 180 valence electrons. The summed E-state index contributed by atoms with van der Waals surface area (Å²) < 4.78 is 32.2. The number of anilines is 1. The number of para-hydroxylation sites is 2. The third-order valence-electron chi connectivity index (χ3n) is 5.05. The fourth-order valence-electron chi connectivity index (χ4n) is 3.37. The van der Waals surface area contributed by atoms with E-state index in [2.05, 4.69) is 5.32 Å². The van der Waals surface area contributed by atoms with Gasteiger partial charge in [-0.05, 0) is 49.2 Å². The lowest BCUT2D eigenvalue weighted by Gasteiger charge is -2.24. The van der Waals surface area contributed by atoms with Gasteiger partial charge in [-0.3, -0.25) is 9.10 Å². The van der Waals surface area contributed by atoms with Gasteiger partial charge in [0.05, 0.1) is 18.5 Å². The highest BCUT2D eigenvalue weighted by molar-refractivity contribution is 7.99. The standard InChI is InChI=1S/C26H30N2O4S2/c1-21-11-6-8-15-24(21)32-20-18-27-26(29)17-10-19-28(34(2,30)31)23-14-7-9-16-25(23)33-22-12-4-3-5-13-22/h3-9,11-16H,10,17-20H2,1-2H3,(H,27,29). The summed E-state index contributed by atoms with van der Waals surface area (Å²) in [4.78, 5) is 14.1. The molecule has 34 heavy (non-hydrogen) atoms. The lowest BCUT2D eigenvalue weighted by atomic mass is 10.2. The number of nitrogens with zero attached hydrogens (tertiary/aromatic N) is 1. The van der Waals surface area contributed by atoms with Crippen molar-refractivity contribution in [1.29, 1.82) is 0 Å². The van der Waals surface area contributed by atoms with Crippen molar-refractivity contribution in [2.45, 2.75) is 29.6 Å². The van der Waals surface area contributed by atoms with Crippen molar-refractivity contribution in [2.24, 2.45) is 0 Å². The van der Waals surface area contributed by atoms with Crippen molar-refractivity contribution in [2.75, 3.05) is 30.3 Å². The van der Waals surface area contributed by atoms with Gasteiger partial charge in [-0.25, -0.2) is 8.42 Å². The second kappa shape index (κ2) is 12.5. The minimum absolute atomic E-state index is 0.131. The fourth-order valence-corrected chi connectivity index (χ4v) is 5.38. The Kier molecular flexibility index (Phi) is 9.42. The Morgan fingerprint density at radius 3 is 2.38 bits per heavy atom. The molecule has 6 nitrogen and oxygen atoms in total. The highest BCUT2D eigenvalue weighted by Crippen LogP contribution is 2.36. The number of ether oxygens (including phenoxy) is 1. The second-order valence-electron chi connectivity index (χ2n) is 7.79. The van der Waals surface area contributed by atoms with Gasteiger partial charge in [0.1, 0.15) is 12.4 Å². The minimum Gasteiger partial charge on any atom is -0.491 e. The molecule has 0 fully saturated rings. The molecule has 0 radical (unpaired) electrons. The molecule has 3 aromatic carbocycles. The van der Waals surface area contributed by atoms with Crippen LogP contribution >= 0.6 is 11.8 Å². The molecule has 8 heteroatoms. The van der Waals surface area contributed by atoms with Crippen molar-refractivity contribution >= 4 is 33.4 Å². The highest BCUT2D eigenvalue weighted by atomic mass is 32.2. The van der Waals surface area contributed by atoms with Crippen LogP contribution in [0.15, 0.2) is 88.7 Å². The van der Waals surface area contributed by atoms with Crippen LogP contribution in [0.25, 0.3) is 0 Å². The first kappa shape index (κ1) is 25.6. The van der Waals surface area contributed by atoms with Crippen LogP contribution in [0.3, 0.4) is 0 Å². The van der Waals surface area contributed by atoms with Gasteiger partial charge in [-0.2, -0.15) is 0 Å². The third kappa shape index (κ3) is 7.81. The van der Waals surface area contributed by atoms with E-state index in [9.17, 15) is 13.2 Å². The van der Waals surface area contributed by atoms with Gasteiger partial charge >= 0.3 is 0 Å². The number of hydrogen-bond donors (Lipinski definition) is 1. The first-order valence-electron chi connectivity index (χ1n) is 11.1. The normalized spacial score (nSPS) is 11.1. The average Bonchev–Trinajstić information content (AvgIpc) is 2.81. The third-order valence-corrected chi connectivity index (χ3v) is 7.30. The summed E-state index contributed by atoms with van der Waals surface area (Å²) in [6, 6.07) is 25.0. The van der Waals surface area contributed by atoms with Gasteiger partial charge in [-0.15, -0.1) is 0 Å². The smallest absolute Gasteiger partial charge is 0.232 e. The Morgan fingerprint density at radius 1 is 0.971 bits per heavy atom. The maximum atomic E-state index is 12.6. The Balaban J connectivity index is 1.53. The van der Waals surface area contributed by atoms with Crippen LogP contribution in [-0.2, 0) is 14.8 Å². The largest absolute Gasteiger partial charge is 0.491 e. The lowest BCUT2D eigenvalue weighted by molar-refractivity contribution is -0.121. The van der Waals surface area contributed by atoms with E-state index in [1.54, 1.807) is 6.07 Å². The zero-order valence-electron chi connectivity index (χ0n) is 19.4. The molecule has 1 N–H and O–H groups in total. The van der Waals surface area contributed by atoms with Crippen molar-refractivity contribution in [1.82, 2.24) is 5.32 Å². The van der Waals surface area contributed by atoms with Gasteiger partial charge < -0.3 is 10.1 Å². The summed E-state index contributed by atoms with van der Waals surface area (Å²) >= 11 is 1.51. The molecule has 0 atom stereocenters. The maximum Gasteiger partial charge on any atom is 0.232 e. The molecule has 1 amide bonds. The molecule has 0 aliphatic carbocycles. The lowest BCUT2D eigenvalue weighted by Crippen LogP contribution is -2.33. The number of amides is 1. The second-order valence-corrected chi connectivity index (χ2v) is 10.8. The molecular formula is C26H30N2O4S2. The number of aryl methyl sites for hydroxylation is 1. The monoisotopic (exact) mass is 498 g/mol. The summed E-state index contributed by atoms with van der Waals surface area (Å²) in [5.41, 5.74) is 1.66. The van der Waals surface area contributed by atoms with E-state index in [-0.39, 0.29) is 18.9 Å². The molecule has 0 aliphatic heterocycles. The summed E-state index contributed by atoms with van der Waals surface area (Å²) in [7, 11) is -3.52. The van der Waals surface area contributed by atoms with Crippen LogP contribution in [0.2, 0.25) is 0 Å². The van der Waals surface area contributed by atoms with Gasteiger partial charge in [0, 0.05) is 22.8 Å². The number of nitrogens with one attached hydrogen (secondary N) is 1. The van der Waals surface area contributed by atoms with Crippen LogP contribution in [-0.4, -0.2) is 40.3 Å². The van der Waals surface area contributed by atoms with E-state index >= 15 is 0 Å². The summed E-state index contributed by atoms with van der Waals surface area (Å²) in [5, 5.41) is 2.83. The summed E-state index contributed by atoms with van der Waals surface area (Å²) in [6.07, 6.45) is 1.83. The van der Waals surface area contributed by atoms with Crippen molar-refractivity contribution < 1.29 is 17.9 Å². The van der Waals surface area contributed by atoms with E-state index in [0.29, 0.717) is 25.3 Å². The Hall–Kier alpha value is -2.97. The first-order valence-corrected chi connectivity index (χ1v) is 13.8. The molecule has 0 aromatic heterocycles. The van der Waals surface area contributed by atoms with Crippen LogP contribution in [0, 0.1) is 6.92 Å². The number of sulfonamides is 1. The number of benzene rings is 3. The van der Waals surface area contributed by atoms with E-state index in [1.165, 1.54) is 22.3 Å². The molecule has 0 saturated heterocycles. The zero-order chi connectivity index (χ0) is 24.4. The average molecular weight is 499 g/mol. The van der Waals surface area contributed by atoms with E-state index in [0.717, 1.165) is 21.1 Å². The van der Waals surface area contributed by atoms with E-state index in [1.807, 2.05) is 79.7 Å². The number of hydrogen-bond acceptors (Lipinski definition) is 5. The summed E-state index contributed by atoms with van der Waals surface area (Å²) in [5.74, 6) is 0.668. The Bertz CT molecular complexity index is 1180. The van der Waals surface area contributed by atoms with Crippen molar-refractivity contribution in [3.05, 3.63) is 84.4 Å². The molecule has 0 aliphatic rings. The van der Waals surface area contributed by atoms with E-state index in [4.69, 9.17) is 4.74 Å². The molecule has 0 saturated carbocycles. The molecule has 3 rings (SSSR count). The minimum atomic E-state index is -3.52. The van der Waals surface area contributed by atoms with E-state index < -0.39 is 10.0 Å². The molecule has 0 spiro atoms. The zero-order valence-corrected chi connectivity index (χ0v) is 21.1. The molecular weight excluding hydrogens is 468 g/mol. The Labute approximate surface area is 206 Å². The first-order chi connectivity index (χ1) is 16.3. The van der Waals surface area contributed by atoms with Gasteiger partial charge in [-0.1, -0.05) is 60.3 Å². The number of carbonyl (C=O) groups is 1. The van der Waals surface area contributed by atoms with Crippen LogP contribution < -0.4 is 14.4 Å². The predicted octanol–water partition coefficient (Wildman–Crippen LogP) is 4.89. The van der Waals surface area contributed by atoms with Gasteiger partial charge in [0.25, 0.3) is 0 Å². The molecule has 0 unspecified atom stereocenters. The number of carbonyl (C=O) groups excluding carboxylic acids is 1. The Morgan fingerprint density at radius 2 is 1.65 bits per heavy atom. The highest BCUT2D eigenvalue weighted by Gasteiger charge is 2.20.